The predicted octanol–water partition coefficient (Wildman–Crippen LogP) is 2.40. The predicted molar refractivity (Wildman–Crippen MR) is 67.6 cm³/mol. The van der Waals surface area contributed by atoms with Gasteiger partial charge in [-0.25, -0.2) is 4.98 Å². The highest BCUT2D eigenvalue weighted by Gasteiger charge is 2.55. The van der Waals surface area contributed by atoms with Gasteiger partial charge in [0.2, 0.25) is 0 Å². The zero-order valence-corrected chi connectivity index (χ0v) is 10.1. The van der Waals surface area contributed by atoms with E-state index >= 15 is 0 Å². The standard InChI is InChI=1S/C14H17N3/c1-14-6-10(14)7-17(9-14)8-13-15-11-4-2-3-5-12(11)16-13/h2-5,10H,6-9H2,1H3,(H,15,16). The molecule has 2 aliphatic rings. The number of hydrogen-bond acceptors (Lipinski definition) is 2. The number of benzene rings is 1. The average molecular weight is 227 g/mol. The molecule has 0 bridgehead atoms. The third kappa shape index (κ3) is 1.49. The molecule has 4 rings (SSSR count). The molecule has 0 spiro atoms. The van der Waals surface area contributed by atoms with E-state index in [1.807, 2.05) is 6.07 Å². The lowest BCUT2D eigenvalue weighted by Crippen LogP contribution is -2.24. The third-order valence-electron chi connectivity index (χ3n) is 4.41. The normalized spacial score (nSPS) is 31.9. The van der Waals surface area contributed by atoms with Gasteiger partial charge in [-0.2, -0.15) is 0 Å². The Morgan fingerprint density at radius 1 is 1.47 bits per heavy atom. The molecule has 1 saturated carbocycles. The fraction of sp³-hybridized carbons (Fsp3) is 0.500. The molecule has 2 aromatic rings. The number of aromatic nitrogens is 2. The van der Waals surface area contributed by atoms with E-state index in [-0.39, 0.29) is 0 Å². The van der Waals surface area contributed by atoms with Crippen LogP contribution in [0.1, 0.15) is 19.2 Å². The van der Waals surface area contributed by atoms with Crippen molar-refractivity contribution in [1.29, 1.82) is 0 Å². The molecule has 1 saturated heterocycles. The number of hydrogen-bond donors (Lipinski definition) is 1. The zero-order valence-electron chi connectivity index (χ0n) is 10.1. The Hall–Kier alpha value is -1.35. The van der Waals surface area contributed by atoms with Gasteiger partial charge >= 0.3 is 0 Å². The van der Waals surface area contributed by atoms with Crippen molar-refractivity contribution in [2.45, 2.75) is 19.9 Å². The van der Waals surface area contributed by atoms with E-state index in [1.54, 1.807) is 0 Å². The number of piperidine rings is 1. The Morgan fingerprint density at radius 2 is 2.35 bits per heavy atom. The lowest BCUT2D eigenvalue weighted by atomic mass is 10.1. The van der Waals surface area contributed by atoms with Gasteiger partial charge in [0, 0.05) is 13.1 Å². The molecule has 0 radical (unpaired) electrons. The van der Waals surface area contributed by atoms with Crippen LogP contribution in [-0.2, 0) is 6.54 Å². The van der Waals surface area contributed by atoms with Crippen LogP contribution in [0.2, 0.25) is 0 Å². The van der Waals surface area contributed by atoms with Crippen molar-refractivity contribution in [3.05, 3.63) is 30.1 Å². The molecule has 1 aliphatic heterocycles. The minimum atomic E-state index is 0.631. The van der Waals surface area contributed by atoms with Crippen LogP contribution in [0.4, 0.5) is 0 Å². The van der Waals surface area contributed by atoms with Gasteiger partial charge in [0.15, 0.2) is 0 Å². The first-order valence-corrected chi connectivity index (χ1v) is 6.39. The summed E-state index contributed by atoms with van der Waals surface area (Å²) < 4.78 is 0. The second-order valence-corrected chi connectivity index (χ2v) is 5.93. The number of para-hydroxylation sites is 2. The molecule has 1 aromatic heterocycles. The van der Waals surface area contributed by atoms with Crippen LogP contribution in [0, 0.1) is 11.3 Å². The summed E-state index contributed by atoms with van der Waals surface area (Å²) in [5, 5.41) is 0. The molecular formula is C14H17N3. The highest BCUT2D eigenvalue weighted by Crippen LogP contribution is 2.57. The molecule has 1 aromatic carbocycles. The van der Waals surface area contributed by atoms with Crippen molar-refractivity contribution in [1.82, 2.24) is 14.9 Å². The molecule has 2 fully saturated rings. The molecular weight excluding hydrogens is 210 g/mol. The second kappa shape index (κ2) is 3.10. The topological polar surface area (TPSA) is 31.9 Å². The van der Waals surface area contributed by atoms with E-state index in [4.69, 9.17) is 0 Å². The van der Waals surface area contributed by atoms with Crippen LogP contribution >= 0.6 is 0 Å². The monoisotopic (exact) mass is 227 g/mol. The number of fused-ring (bicyclic) bond motifs is 2. The number of rotatable bonds is 2. The Balaban J connectivity index is 1.55. The molecule has 2 unspecified atom stereocenters. The second-order valence-electron chi connectivity index (χ2n) is 5.93. The Morgan fingerprint density at radius 3 is 3.12 bits per heavy atom. The SMILES string of the molecule is CC12CC1CN(Cc1nc3ccccc3[nH]1)C2. The van der Waals surface area contributed by atoms with E-state index in [0.29, 0.717) is 5.41 Å². The molecule has 0 amide bonds. The van der Waals surface area contributed by atoms with Crippen LogP contribution in [0.15, 0.2) is 24.3 Å². The number of nitrogens with one attached hydrogen (secondary N) is 1. The number of imidazole rings is 1. The van der Waals surface area contributed by atoms with Crippen LogP contribution in [0.25, 0.3) is 11.0 Å². The van der Waals surface area contributed by atoms with Crippen molar-refractivity contribution in [2.24, 2.45) is 11.3 Å². The first-order chi connectivity index (χ1) is 8.23. The van der Waals surface area contributed by atoms with Crippen LogP contribution in [0.3, 0.4) is 0 Å². The smallest absolute Gasteiger partial charge is 0.121 e. The Kier molecular flexibility index (Phi) is 1.76. The lowest BCUT2D eigenvalue weighted by molar-refractivity contribution is 0.273. The van der Waals surface area contributed by atoms with Gasteiger partial charge < -0.3 is 4.98 Å². The average Bonchev–Trinajstić information content (AvgIpc) is 2.69. The molecule has 88 valence electrons. The molecule has 3 heteroatoms. The van der Waals surface area contributed by atoms with E-state index in [2.05, 4.69) is 40.0 Å². The summed E-state index contributed by atoms with van der Waals surface area (Å²) >= 11 is 0. The van der Waals surface area contributed by atoms with Crippen molar-refractivity contribution in [3.8, 4) is 0 Å². The summed E-state index contributed by atoms with van der Waals surface area (Å²) in [6, 6.07) is 8.25. The molecule has 17 heavy (non-hydrogen) atoms. The van der Waals surface area contributed by atoms with E-state index in [9.17, 15) is 0 Å². The third-order valence-corrected chi connectivity index (χ3v) is 4.41. The lowest BCUT2D eigenvalue weighted by Gasteiger charge is -2.17. The Bertz CT molecular complexity index is 541. The van der Waals surface area contributed by atoms with Gasteiger partial charge in [0.25, 0.3) is 0 Å². The first kappa shape index (κ1) is 9.66. The molecule has 2 heterocycles. The molecule has 2 atom stereocenters. The van der Waals surface area contributed by atoms with Gasteiger partial charge in [-0.3, -0.25) is 4.90 Å². The van der Waals surface area contributed by atoms with Gasteiger partial charge in [-0.15, -0.1) is 0 Å². The molecule has 1 N–H and O–H groups in total. The van der Waals surface area contributed by atoms with E-state index in [0.717, 1.165) is 29.3 Å². The summed E-state index contributed by atoms with van der Waals surface area (Å²) in [4.78, 5) is 10.6. The number of nitrogens with zero attached hydrogens (tertiary/aromatic N) is 2. The fourth-order valence-electron chi connectivity index (χ4n) is 3.28. The maximum atomic E-state index is 4.64. The summed E-state index contributed by atoms with van der Waals surface area (Å²) in [6.07, 6.45) is 1.43. The zero-order chi connectivity index (χ0) is 11.5. The summed E-state index contributed by atoms with van der Waals surface area (Å²) in [6.45, 7) is 5.89. The van der Waals surface area contributed by atoms with Crippen molar-refractivity contribution >= 4 is 11.0 Å². The van der Waals surface area contributed by atoms with Crippen molar-refractivity contribution < 1.29 is 0 Å². The largest absolute Gasteiger partial charge is 0.341 e. The maximum absolute atomic E-state index is 4.64. The van der Waals surface area contributed by atoms with E-state index < -0.39 is 0 Å². The van der Waals surface area contributed by atoms with Crippen LogP contribution in [0.5, 0.6) is 0 Å². The van der Waals surface area contributed by atoms with Gasteiger partial charge in [-0.1, -0.05) is 19.1 Å². The minimum absolute atomic E-state index is 0.631. The highest BCUT2D eigenvalue weighted by molar-refractivity contribution is 5.74. The number of H-pyrrole nitrogens is 1. The van der Waals surface area contributed by atoms with Crippen molar-refractivity contribution in [2.75, 3.05) is 13.1 Å². The summed E-state index contributed by atoms with van der Waals surface area (Å²) in [7, 11) is 0. The first-order valence-electron chi connectivity index (χ1n) is 6.39. The van der Waals surface area contributed by atoms with E-state index in [1.165, 1.54) is 19.5 Å². The summed E-state index contributed by atoms with van der Waals surface area (Å²) in [5.41, 5.74) is 2.86. The highest BCUT2D eigenvalue weighted by atomic mass is 15.2. The van der Waals surface area contributed by atoms with Gasteiger partial charge in [-0.05, 0) is 29.9 Å². The summed E-state index contributed by atoms with van der Waals surface area (Å²) in [5.74, 6) is 2.06. The molecule has 3 nitrogen and oxygen atoms in total. The van der Waals surface area contributed by atoms with Gasteiger partial charge in [0.05, 0.1) is 17.6 Å². The van der Waals surface area contributed by atoms with Crippen LogP contribution in [-0.4, -0.2) is 28.0 Å². The quantitative estimate of drug-likeness (QED) is 0.854. The van der Waals surface area contributed by atoms with Crippen LogP contribution < -0.4 is 0 Å². The number of aromatic amines is 1. The van der Waals surface area contributed by atoms with Crippen molar-refractivity contribution in [3.63, 3.8) is 0 Å². The Labute approximate surface area is 101 Å². The number of likely N-dealkylation sites (tertiary alicyclic amines) is 1. The maximum Gasteiger partial charge on any atom is 0.121 e. The fourth-order valence-corrected chi connectivity index (χ4v) is 3.28. The minimum Gasteiger partial charge on any atom is -0.341 e. The molecule has 1 aliphatic carbocycles. The van der Waals surface area contributed by atoms with Gasteiger partial charge in [0.1, 0.15) is 5.82 Å².